The number of imidazole rings is 1. The first kappa shape index (κ1) is 49.4. The highest BCUT2D eigenvalue weighted by molar-refractivity contribution is 6.03. The average molecular weight is 1050 g/mol. The van der Waals surface area contributed by atoms with E-state index in [2.05, 4.69) is 41.1 Å². The van der Waals surface area contributed by atoms with Gasteiger partial charge in [0, 0.05) is 107 Å². The number of likely N-dealkylation sites (tertiary alicyclic amines) is 1. The Balaban J connectivity index is 0.724. The first-order valence-corrected chi connectivity index (χ1v) is 27.3. The number of para-hydroxylation sites is 1. The second-order valence-corrected chi connectivity index (χ2v) is 22.4. The molecule has 3 amide bonds. The zero-order chi connectivity index (χ0) is 52.9. The minimum Gasteiger partial charge on any atom is -0.465 e. The van der Waals surface area contributed by atoms with Crippen molar-refractivity contribution in [3.8, 4) is 29.6 Å². The third-order valence-electron chi connectivity index (χ3n) is 18.3. The molecule has 3 aromatic heterocycles. The molecule has 7 aliphatic heterocycles. The molecule has 2 bridgehead atoms. The third kappa shape index (κ3) is 8.43. The molecular formula is C57H62F2N12O6. The van der Waals surface area contributed by atoms with Crippen LogP contribution in [0.4, 0.5) is 25.1 Å². The number of imide groups is 1. The minimum absolute atomic E-state index is 0.00595. The molecule has 0 radical (unpaired) electrons. The van der Waals surface area contributed by atoms with E-state index in [1.807, 2.05) is 24.3 Å². The van der Waals surface area contributed by atoms with Crippen molar-refractivity contribution in [3.05, 3.63) is 82.4 Å². The fourth-order valence-corrected chi connectivity index (χ4v) is 14.6. The normalized spacial score (nSPS) is 27.0. The number of carbonyl (C=O) groups excluding carboxylic acids is 2. The van der Waals surface area contributed by atoms with E-state index in [4.69, 9.17) is 21.1 Å². The summed E-state index contributed by atoms with van der Waals surface area (Å²) in [5.74, 6) is 0.996. The van der Waals surface area contributed by atoms with Gasteiger partial charge in [0.25, 0.3) is 0 Å². The number of piperidine rings is 2. The van der Waals surface area contributed by atoms with E-state index in [1.54, 1.807) is 40.9 Å². The SMILES string of the molecule is C#Cc1c(F)ccc2cccc(-c3ncc4c(N5CC6CCC(C5)N6)nc(OC[C@@]56CCCN5[C@H](CC5CC(N7CCN(c8cccc9c8n(C)c(=O)n9C8CCC(=O)NC8=O)CC7)CCN5C(=O)O)CC6)nc4c3F)c12. The topological polar surface area (TPSA) is 187 Å². The van der Waals surface area contributed by atoms with Gasteiger partial charge in [-0.2, -0.15) is 9.97 Å². The van der Waals surface area contributed by atoms with Gasteiger partial charge in [-0.25, -0.2) is 18.4 Å². The van der Waals surface area contributed by atoms with Gasteiger partial charge in [0.1, 0.15) is 35.5 Å². The summed E-state index contributed by atoms with van der Waals surface area (Å²) in [4.78, 5) is 77.1. The van der Waals surface area contributed by atoms with Crippen molar-refractivity contribution < 1.29 is 33.0 Å². The number of benzene rings is 3. The Bertz CT molecular complexity index is 3490. The summed E-state index contributed by atoms with van der Waals surface area (Å²) in [6.45, 7) is 5.94. The first-order chi connectivity index (χ1) is 37.4. The van der Waals surface area contributed by atoms with Crippen molar-refractivity contribution in [2.24, 2.45) is 7.05 Å². The molecule has 3 N–H and O–H groups in total. The smallest absolute Gasteiger partial charge is 0.407 e. The number of aryl methyl sites for hydroxylation is 1. The van der Waals surface area contributed by atoms with Crippen LogP contribution in [-0.2, 0) is 16.6 Å². The van der Waals surface area contributed by atoms with Crippen molar-refractivity contribution in [3.63, 3.8) is 0 Å². The molecule has 7 atom stereocenters. The second kappa shape index (κ2) is 19.4. The Kier molecular flexibility index (Phi) is 12.4. The van der Waals surface area contributed by atoms with E-state index in [1.165, 1.54) is 10.6 Å². The van der Waals surface area contributed by atoms with Crippen LogP contribution in [0.5, 0.6) is 6.01 Å². The van der Waals surface area contributed by atoms with Crippen molar-refractivity contribution in [2.45, 2.75) is 112 Å². The number of rotatable bonds is 10. The molecule has 400 valence electrons. The fraction of sp³-hybridized carbons (Fsp3) is 0.491. The predicted octanol–water partition coefficient (Wildman–Crippen LogP) is 5.78. The van der Waals surface area contributed by atoms with Gasteiger partial charge in [-0.15, -0.1) is 6.42 Å². The second-order valence-electron chi connectivity index (χ2n) is 22.4. The highest BCUT2D eigenvalue weighted by Crippen LogP contribution is 2.46. The first-order valence-electron chi connectivity index (χ1n) is 27.3. The number of pyridine rings is 1. The molecule has 77 heavy (non-hydrogen) atoms. The van der Waals surface area contributed by atoms with Gasteiger partial charge in [0.2, 0.25) is 11.8 Å². The summed E-state index contributed by atoms with van der Waals surface area (Å²) in [6, 6.07) is 14.0. The Hall–Kier alpha value is -7.21. The van der Waals surface area contributed by atoms with E-state index < -0.39 is 29.7 Å². The number of nitrogens with one attached hydrogen (secondary N) is 2. The number of nitrogens with zero attached hydrogens (tertiary/aromatic N) is 10. The highest BCUT2D eigenvalue weighted by atomic mass is 19.1. The third-order valence-corrected chi connectivity index (χ3v) is 18.3. The molecule has 5 unspecified atom stereocenters. The van der Waals surface area contributed by atoms with Gasteiger partial charge in [0.05, 0.1) is 33.2 Å². The largest absolute Gasteiger partial charge is 0.465 e. The monoisotopic (exact) mass is 1050 g/mol. The number of hydrogen-bond donors (Lipinski definition) is 3. The van der Waals surface area contributed by atoms with Crippen LogP contribution in [0.1, 0.15) is 82.2 Å². The van der Waals surface area contributed by atoms with Crippen molar-refractivity contribution in [1.82, 2.24) is 49.4 Å². The maximum absolute atomic E-state index is 17.3. The molecular weight excluding hydrogens is 987 g/mol. The molecule has 0 saturated carbocycles. The Morgan fingerprint density at radius 1 is 0.909 bits per heavy atom. The number of fused-ring (bicyclic) bond motifs is 6. The van der Waals surface area contributed by atoms with E-state index in [-0.39, 0.29) is 83.0 Å². The van der Waals surface area contributed by atoms with Gasteiger partial charge >= 0.3 is 17.8 Å². The summed E-state index contributed by atoms with van der Waals surface area (Å²) in [7, 11) is 1.73. The molecule has 7 aliphatic rings. The lowest BCUT2D eigenvalue weighted by Crippen LogP contribution is -2.57. The maximum atomic E-state index is 17.3. The van der Waals surface area contributed by atoms with Crippen LogP contribution in [-0.4, -0.2) is 157 Å². The predicted molar refractivity (Wildman–Crippen MR) is 286 cm³/mol. The van der Waals surface area contributed by atoms with Crippen LogP contribution in [0.25, 0.3) is 44.0 Å². The number of anilines is 2. The minimum atomic E-state index is -0.897. The zero-order valence-electron chi connectivity index (χ0n) is 43.1. The molecule has 0 spiro atoms. The van der Waals surface area contributed by atoms with E-state index in [0.29, 0.717) is 78.8 Å². The van der Waals surface area contributed by atoms with Crippen molar-refractivity contribution in [2.75, 3.05) is 68.8 Å². The molecule has 10 heterocycles. The lowest BCUT2D eigenvalue weighted by Gasteiger charge is -2.46. The molecule has 7 fully saturated rings. The summed E-state index contributed by atoms with van der Waals surface area (Å²) < 4.78 is 42.3. The van der Waals surface area contributed by atoms with Crippen LogP contribution in [0.2, 0.25) is 0 Å². The molecule has 0 aliphatic carbocycles. The van der Waals surface area contributed by atoms with Crippen LogP contribution < -0.4 is 30.9 Å². The number of ether oxygens (including phenoxy) is 1. The van der Waals surface area contributed by atoms with Crippen molar-refractivity contribution >= 4 is 62.1 Å². The number of piperazine rings is 2. The van der Waals surface area contributed by atoms with Crippen molar-refractivity contribution in [1.29, 1.82) is 0 Å². The molecule has 6 aromatic rings. The Morgan fingerprint density at radius 2 is 1.71 bits per heavy atom. The van der Waals surface area contributed by atoms with Gasteiger partial charge in [-0.3, -0.25) is 38.8 Å². The average Bonchev–Trinajstić information content (AvgIpc) is 4.24. The number of carboxylic acid groups (broad SMARTS) is 1. The van der Waals surface area contributed by atoms with Gasteiger partial charge in [-0.1, -0.05) is 36.3 Å². The van der Waals surface area contributed by atoms with E-state index in [0.717, 1.165) is 82.2 Å². The Morgan fingerprint density at radius 3 is 2.49 bits per heavy atom. The molecule has 7 saturated heterocycles. The lowest BCUT2D eigenvalue weighted by molar-refractivity contribution is -0.135. The summed E-state index contributed by atoms with van der Waals surface area (Å²) >= 11 is 0. The number of amides is 3. The lowest BCUT2D eigenvalue weighted by atomic mass is 9.90. The van der Waals surface area contributed by atoms with Gasteiger partial charge in [0.15, 0.2) is 5.82 Å². The molecule has 18 nitrogen and oxygen atoms in total. The maximum Gasteiger partial charge on any atom is 0.407 e. The number of aromatic nitrogens is 5. The molecule has 3 aromatic carbocycles. The summed E-state index contributed by atoms with van der Waals surface area (Å²) in [5.41, 5.74) is 2.17. The number of halogens is 2. The summed E-state index contributed by atoms with van der Waals surface area (Å²) in [6.07, 6.45) is 14.8. The van der Waals surface area contributed by atoms with E-state index >= 15 is 8.78 Å². The number of carbonyl (C=O) groups is 3. The fourth-order valence-electron chi connectivity index (χ4n) is 14.6. The Labute approximate surface area is 443 Å². The highest BCUT2D eigenvalue weighted by Gasteiger charge is 2.51. The quantitative estimate of drug-likeness (QED) is 0.111. The molecule has 13 rings (SSSR count). The van der Waals surface area contributed by atoms with Crippen LogP contribution in [0.3, 0.4) is 0 Å². The molecule has 20 heteroatoms. The van der Waals surface area contributed by atoms with Gasteiger partial charge < -0.3 is 29.9 Å². The van der Waals surface area contributed by atoms with Crippen LogP contribution in [0.15, 0.2) is 59.5 Å². The zero-order valence-corrected chi connectivity index (χ0v) is 43.1. The van der Waals surface area contributed by atoms with Crippen LogP contribution in [0, 0.1) is 24.0 Å². The number of hydrogen-bond acceptors (Lipinski definition) is 13. The number of terminal acetylenes is 1. The van der Waals surface area contributed by atoms with E-state index in [9.17, 15) is 24.3 Å². The summed E-state index contributed by atoms with van der Waals surface area (Å²) in [5, 5.41) is 18.2. The standard InChI is InChI=1S/C57H62F2N12O6/c1-3-39-42(58)14-11-33-7-4-8-40(47(33)39)49-48(59)50-41(29-60-49)52(68-30-34-12-13-35(31-68)61-34)64-54(63-50)77-32-57-19-6-21-70(57)37(17-20-57)28-38-27-36(18-22-69(38)56(75)76)66-23-25-67(26-24-66)43-9-5-10-44-51(43)65(2)55(74)71(44)45-15-16-46(72)62-53(45)73/h1,4-5,7-11,14,29,34-38,45,61H,6,12-13,15-28,30-32H2,2H3,(H,75,76)(H,62,72,73)/t34?,35?,36?,37-,38?,45?,57-/m0/s1. The van der Waals surface area contributed by atoms with Gasteiger partial charge in [-0.05, 0) is 94.3 Å². The van der Waals surface area contributed by atoms with Crippen LogP contribution >= 0.6 is 0 Å².